The number of benzene rings is 1. The Labute approximate surface area is 105 Å². The van der Waals surface area contributed by atoms with Gasteiger partial charge in [-0.05, 0) is 19.4 Å². The zero-order chi connectivity index (χ0) is 13.9. The number of hydrogen-bond acceptors (Lipinski definition) is 4. The van der Waals surface area contributed by atoms with Gasteiger partial charge in [0.25, 0.3) is 11.6 Å². The first-order valence-corrected chi connectivity index (χ1v) is 5.30. The summed E-state index contributed by atoms with van der Waals surface area (Å²) in [7, 11) is 1.49. The fraction of sp³-hybridized carbons (Fsp3) is 0.333. The van der Waals surface area contributed by atoms with E-state index in [-0.39, 0.29) is 11.3 Å². The van der Waals surface area contributed by atoms with Crippen LogP contribution in [0.2, 0.25) is 0 Å². The Bertz CT molecular complexity index is 534. The monoisotopic (exact) mass is 247 g/mol. The maximum Gasteiger partial charge on any atom is 0.270 e. The van der Waals surface area contributed by atoms with Crippen molar-refractivity contribution >= 4 is 11.6 Å². The zero-order valence-electron chi connectivity index (χ0n) is 10.4. The molecule has 0 aliphatic carbocycles. The van der Waals surface area contributed by atoms with Crippen molar-refractivity contribution in [3.05, 3.63) is 39.4 Å². The summed E-state index contributed by atoms with van der Waals surface area (Å²) in [5.41, 5.74) is 0.748. The lowest BCUT2D eigenvalue weighted by atomic mass is 10.1. The van der Waals surface area contributed by atoms with Crippen LogP contribution in [0.25, 0.3) is 0 Å². The van der Waals surface area contributed by atoms with Crippen molar-refractivity contribution < 1.29 is 9.72 Å². The Kier molecular flexibility index (Phi) is 4.00. The minimum absolute atomic E-state index is 0.137. The van der Waals surface area contributed by atoms with E-state index < -0.39 is 16.9 Å². The summed E-state index contributed by atoms with van der Waals surface area (Å²) in [5.74, 6) is -0.398. The van der Waals surface area contributed by atoms with Gasteiger partial charge in [0, 0.05) is 24.7 Å². The van der Waals surface area contributed by atoms with E-state index in [1.165, 1.54) is 30.1 Å². The summed E-state index contributed by atoms with van der Waals surface area (Å²) in [6, 6.07) is 5.46. The number of amides is 1. The summed E-state index contributed by atoms with van der Waals surface area (Å²) in [6.45, 7) is 3.28. The molecule has 0 aliphatic heterocycles. The van der Waals surface area contributed by atoms with Gasteiger partial charge < -0.3 is 4.90 Å². The molecule has 1 unspecified atom stereocenters. The lowest BCUT2D eigenvalue weighted by molar-refractivity contribution is -0.384. The first kappa shape index (κ1) is 13.6. The molecule has 1 aromatic carbocycles. The number of nitro benzene ring substituents is 1. The molecule has 0 saturated heterocycles. The number of rotatable bonds is 3. The second kappa shape index (κ2) is 5.27. The van der Waals surface area contributed by atoms with Crippen LogP contribution in [0.15, 0.2) is 18.2 Å². The highest BCUT2D eigenvalue weighted by Crippen LogP contribution is 2.19. The standard InChI is InChI=1S/C12H13N3O3/c1-8-4-5-10(15(17)18)6-11(8)12(16)14(3)9(2)7-13/h4-6,9H,1-3H3. The molecule has 0 radical (unpaired) electrons. The maximum atomic E-state index is 12.1. The molecule has 0 heterocycles. The van der Waals surface area contributed by atoms with Gasteiger partial charge >= 0.3 is 0 Å². The quantitative estimate of drug-likeness (QED) is 0.602. The Morgan fingerprint density at radius 2 is 2.17 bits per heavy atom. The van der Waals surface area contributed by atoms with E-state index >= 15 is 0 Å². The van der Waals surface area contributed by atoms with E-state index in [4.69, 9.17) is 5.26 Å². The molecule has 0 aliphatic rings. The third kappa shape index (κ3) is 2.63. The summed E-state index contributed by atoms with van der Waals surface area (Å²) in [5, 5.41) is 19.4. The number of aryl methyl sites for hydroxylation is 1. The molecule has 1 amide bonds. The number of nitro groups is 1. The summed E-state index contributed by atoms with van der Waals surface area (Å²) in [4.78, 5) is 23.5. The SMILES string of the molecule is Cc1ccc([N+](=O)[O-])cc1C(=O)N(C)C(C)C#N. The van der Waals surface area contributed by atoms with Crippen LogP contribution in [0.4, 0.5) is 5.69 Å². The average Bonchev–Trinajstić information content (AvgIpc) is 2.36. The molecule has 0 spiro atoms. The molecule has 1 aromatic rings. The van der Waals surface area contributed by atoms with Crippen molar-refractivity contribution in [3.8, 4) is 6.07 Å². The molecule has 1 rings (SSSR count). The lowest BCUT2D eigenvalue weighted by Gasteiger charge is -2.20. The summed E-state index contributed by atoms with van der Waals surface area (Å²) < 4.78 is 0. The second-order valence-electron chi connectivity index (χ2n) is 3.98. The molecule has 1 atom stereocenters. The third-order valence-corrected chi connectivity index (χ3v) is 2.75. The molecule has 6 heteroatoms. The van der Waals surface area contributed by atoms with Crippen LogP contribution in [0.3, 0.4) is 0 Å². The molecule has 0 N–H and O–H groups in total. The van der Waals surface area contributed by atoms with Crippen LogP contribution in [0.1, 0.15) is 22.8 Å². The second-order valence-corrected chi connectivity index (χ2v) is 3.98. The van der Waals surface area contributed by atoms with Crippen molar-refractivity contribution in [2.45, 2.75) is 19.9 Å². The molecule has 0 aromatic heterocycles. The Hall–Kier alpha value is -2.42. The molecular weight excluding hydrogens is 234 g/mol. The van der Waals surface area contributed by atoms with Gasteiger partial charge in [0.05, 0.1) is 11.0 Å². The van der Waals surface area contributed by atoms with Crippen LogP contribution in [-0.4, -0.2) is 28.8 Å². The largest absolute Gasteiger partial charge is 0.326 e. The molecule has 0 saturated carbocycles. The Morgan fingerprint density at radius 3 is 2.67 bits per heavy atom. The van der Waals surface area contributed by atoms with Gasteiger partial charge in [-0.15, -0.1) is 0 Å². The molecule has 0 fully saturated rings. The minimum atomic E-state index is -0.587. The van der Waals surface area contributed by atoms with E-state index in [0.29, 0.717) is 5.56 Å². The highest BCUT2D eigenvalue weighted by atomic mass is 16.6. The Balaban J connectivity index is 3.17. The fourth-order valence-electron chi connectivity index (χ4n) is 1.41. The van der Waals surface area contributed by atoms with Gasteiger partial charge in [-0.3, -0.25) is 14.9 Å². The third-order valence-electron chi connectivity index (χ3n) is 2.75. The number of carbonyl (C=O) groups is 1. The van der Waals surface area contributed by atoms with Crippen molar-refractivity contribution in [1.82, 2.24) is 4.90 Å². The number of nitrogens with zero attached hydrogens (tertiary/aromatic N) is 3. The Morgan fingerprint density at radius 1 is 1.56 bits per heavy atom. The average molecular weight is 247 g/mol. The number of carbonyl (C=O) groups excluding carboxylic acids is 1. The van der Waals surface area contributed by atoms with Gasteiger partial charge in [0.2, 0.25) is 0 Å². The van der Waals surface area contributed by atoms with Gasteiger partial charge in [-0.25, -0.2) is 0 Å². The van der Waals surface area contributed by atoms with Crippen molar-refractivity contribution in [1.29, 1.82) is 5.26 Å². The fourth-order valence-corrected chi connectivity index (χ4v) is 1.41. The van der Waals surface area contributed by atoms with Crippen LogP contribution in [0.5, 0.6) is 0 Å². The van der Waals surface area contributed by atoms with Crippen molar-refractivity contribution in [2.75, 3.05) is 7.05 Å². The predicted octanol–water partition coefficient (Wildman–Crippen LogP) is 1.89. The first-order valence-electron chi connectivity index (χ1n) is 5.30. The van der Waals surface area contributed by atoms with E-state index in [1.807, 2.05) is 6.07 Å². The minimum Gasteiger partial charge on any atom is -0.326 e. The highest BCUT2D eigenvalue weighted by molar-refractivity contribution is 5.96. The summed E-state index contributed by atoms with van der Waals surface area (Å²) >= 11 is 0. The molecule has 18 heavy (non-hydrogen) atoms. The first-order chi connectivity index (χ1) is 8.38. The van der Waals surface area contributed by atoms with Crippen LogP contribution < -0.4 is 0 Å². The highest BCUT2D eigenvalue weighted by Gasteiger charge is 2.21. The van der Waals surface area contributed by atoms with Crippen LogP contribution >= 0.6 is 0 Å². The predicted molar refractivity (Wildman–Crippen MR) is 65.0 cm³/mol. The van der Waals surface area contributed by atoms with Gasteiger partial charge in [-0.2, -0.15) is 5.26 Å². The molecule has 6 nitrogen and oxygen atoms in total. The topological polar surface area (TPSA) is 87.2 Å². The van der Waals surface area contributed by atoms with E-state index in [0.717, 1.165) is 0 Å². The zero-order valence-corrected chi connectivity index (χ0v) is 10.4. The number of nitriles is 1. The van der Waals surface area contributed by atoms with Gasteiger partial charge in [0.15, 0.2) is 0 Å². The molecule has 0 bridgehead atoms. The number of non-ortho nitro benzene ring substituents is 1. The lowest BCUT2D eigenvalue weighted by Crippen LogP contribution is -2.34. The van der Waals surface area contributed by atoms with Crippen molar-refractivity contribution in [2.24, 2.45) is 0 Å². The summed E-state index contributed by atoms with van der Waals surface area (Å²) in [6.07, 6.45) is 0. The van der Waals surface area contributed by atoms with Crippen LogP contribution in [-0.2, 0) is 0 Å². The van der Waals surface area contributed by atoms with E-state index in [2.05, 4.69) is 0 Å². The smallest absolute Gasteiger partial charge is 0.270 e. The van der Waals surface area contributed by atoms with E-state index in [1.54, 1.807) is 13.8 Å². The van der Waals surface area contributed by atoms with E-state index in [9.17, 15) is 14.9 Å². The van der Waals surface area contributed by atoms with Gasteiger partial charge in [0.1, 0.15) is 6.04 Å². The molecular formula is C12H13N3O3. The van der Waals surface area contributed by atoms with Crippen molar-refractivity contribution in [3.63, 3.8) is 0 Å². The molecule has 94 valence electrons. The number of hydrogen-bond donors (Lipinski definition) is 0. The normalized spacial score (nSPS) is 11.4. The van der Waals surface area contributed by atoms with Gasteiger partial charge in [-0.1, -0.05) is 6.07 Å². The van der Waals surface area contributed by atoms with Crippen LogP contribution in [0, 0.1) is 28.4 Å². The maximum absolute atomic E-state index is 12.1.